The van der Waals surface area contributed by atoms with E-state index in [1.165, 1.54) is 5.32 Å². The standard InChI is InChI=1S/C8H9F4NO4/c9-4(10)8(11,12)5(14)13-7(6(15)16)1-2-17-3-7/h4H,1-3H2,(H,13,14)(H,15,16). The van der Waals surface area contributed by atoms with Gasteiger partial charge in [0.15, 0.2) is 5.54 Å². The van der Waals surface area contributed by atoms with Crippen LogP contribution in [0.15, 0.2) is 0 Å². The van der Waals surface area contributed by atoms with Crippen molar-refractivity contribution in [3.8, 4) is 0 Å². The second kappa shape index (κ2) is 4.47. The van der Waals surface area contributed by atoms with Crippen molar-refractivity contribution in [1.82, 2.24) is 5.32 Å². The summed E-state index contributed by atoms with van der Waals surface area (Å²) in [5.41, 5.74) is -2.06. The molecule has 1 unspecified atom stereocenters. The lowest BCUT2D eigenvalue weighted by Crippen LogP contribution is -2.60. The zero-order valence-corrected chi connectivity index (χ0v) is 8.38. The van der Waals surface area contributed by atoms with E-state index in [-0.39, 0.29) is 13.0 Å². The largest absolute Gasteiger partial charge is 0.479 e. The van der Waals surface area contributed by atoms with E-state index >= 15 is 0 Å². The Kier molecular flexibility index (Phi) is 3.60. The van der Waals surface area contributed by atoms with Crippen LogP contribution in [0.5, 0.6) is 0 Å². The predicted molar refractivity (Wildman–Crippen MR) is 44.9 cm³/mol. The summed E-state index contributed by atoms with van der Waals surface area (Å²) in [6.07, 6.45) is -4.46. The number of hydrogen-bond donors (Lipinski definition) is 2. The number of carbonyl (C=O) groups excluding carboxylic acids is 1. The normalized spacial score (nSPS) is 25.0. The third kappa shape index (κ3) is 2.48. The third-order valence-corrected chi connectivity index (χ3v) is 2.36. The van der Waals surface area contributed by atoms with Crippen molar-refractivity contribution in [3.63, 3.8) is 0 Å². The summed E-state index contributed by atoms with van der Waals surface area (Å²) in [4.78, 5) is 21.7. The number of carboxylic acids is 1. The van der Waals surface area contributed by atoms with E-state index in [0.29, 0.717) is 0 Å². The van der Waals surface area contributed by atoms with Crippen LogP contribution in [-0.2, 0) is 14.3 Å². The Morgan fingerprint density at radius 2 is 2.00 bits per heavy atom. The predicted octanol–water partition coefficient (Wildman–Crippen LogP) is 0.247. The smallest absolute Gasteiger partial charge is 0.383 e. The van der Waals surface area contributed by atoms with Gasteiger partial charge in [0, 0.05) is 13.0 Å². The maximum Gasteiger partial charge on any atom is 0.383 e. The molecule has 17 heavy (non-hydrogen) atoms. The molecule has 0 aromatic rings. The van der Waals surface area contributed by atoms with Crippen molar-refractivity contribution in [3.05, 3.63) is 0 Å². The summed E-state index contributed by atoms with van der Waals surface area (Å²) in [5.74, 6) is -8.85. The second-order valence-corrected chi connectivity index (χ2v) is 3.57. The minimum Gasteiger partial charge on any atom is -0.479 e. The molecule has 0 aliphatic carbocycles. The van der Waals surface area contributed by atoms with Gasteiger partial charge in [0.1, 0.15) is 0 Å². The van der Waals surface area contributed by atoms with Gasteiger partial charge in [-0.2, -0.15) is 8.78 Å². The van der Waals surface area contributed by atoms with Gasteiger partial charge >= 0.3 is 18.3 Å². The molecule has 0 bridgehead atoms. The summed E-state index contributed by atoms with van der Waals surface area (Å²) in [6, 6.07) is 0. The highest BCUT2D eigenvalue weighted by atomic mass is 19.3. The van der Waals surface area contributed by atoms with Crippen LogP contribution in [0.2, 0.25) is 0 Å². The SMILES string of the molecule is O=C(O)C1(NC(=O)C(F)(F)C(F)F)CCOC1. The van der Waals surface area contributed by atoms with Gasteiger partial charge in [-0.25, -0.2) is 13.6 Å². The number of carbonyl (C=O) groups is 2. The number of amides is 1. The summed E-state index contributed by atoms with van der Waals surface area (Å²) in [7, 11) is 0. The van der Waals surface area contributed by atoms with Crippen LogP contribution in [0.3, 0.4) is 0 Å². The van der Waals surface area contributed by atoms with Crippen LogP contribution < -0.4 is 5.32 Å². The van der Waals surface area contributed by atoms with Gasteiger partial charge < -0.3 is 15.2 Å². The molecule has 1 aliphatic heterocycles. The van der Waals surface area contributed by atoms with E-state index in [2.05, 4.69) is 4.74 Å². The fraction of sp³-hybridized carbons (Fsp3) is 0.750. The molecule has 1 atom stereocenters. The Morgan fingerprint density at radius 1 is 1.41 bits per heavy atom. The fourth-order valence-corrected chi connectivity index (χ4v) is 1.29. The average molecular weight is 259 g/mol. The highest BCUT2D eigenvalue weighted by Crippen LogP contribution is 2.26. The molecule has 2 N–H and O–H groups in total. The molecule has 0 saturated carbocycles. The van der Waals surface area contributed by atoms with Crippen molar-refractivity contribution in [2.45, 2.75) is 24.3 Å². The monoisotopic (exact) mass is 259 g/mol. The minimum absolute atomic E-state index is 0.0627. The van der Waals surface area contributed by atoms with Crippen LogP contribution in [0.25, 0.3) is 0 Å². The van der Waals surface area contributed by atoms with E-state index in [0.717, 1.165) is 0 Å². The van der Waals surface area contributed by atoms with Crippen LogP contribution >= 0.6 is 0 Å². The zero-order chi connectivity index (χ0) is 13.3. The second-order valence-electron chi connectivity index (χ2n) is 3.57. The molecule has 0 radical (unpaired) electrons. The number of hydrogen-bond acceptors (Lipinski definition) is 3. The number of alkyl halides is 4. The number of nitrogens with one attached hydrogen (secondary N) is 1. The topological polar surface area (TPSA) is 75.6 Å². The number of aliphatic carboxylic acids is 1. The Morgan fingerprint density at radius 3 is 2.35 bits per heavy atom. The molecule has 1 saturated heterocycles. The molecule has 5 nitrogen and oxygen atoms in total. The maximum atomic E-state index is 12.6. The Labute approximate surface area is 92.7 Å². The molecule has 1 amide bonds. The maximum absolute atomic E-state index is 12.6. The summed E-state index contributed by atoms with van der Waals surface area (Å²) < 4.78 is 53.7. The van der Waals surface area contributed by atoms with Crippen molar-refractivity contribution < 1.29 is 37.0 Å². The van der Waals surface area contributed by atoms with Crippen LogP contribution in [-0.4, -0.2) is 48.1 Å². The molecule has 1 aliphatic rings. The molecule has 98 valence electrons. The lowest BCUT2D eigenvalue weighted by molar-refractivity contribution is -0.174. The highest BCUT2D eigenvalue weighted by molar-refractivity contribution is 5.91. The summed E-state index contributed by atoms with van der Waals surface area (Å²) in [6.45, 7) is -0.597. The van der Waals surface area contributed by atoms with Crippen LogP contribution in [0.1, 0.15) is 6.42 Å². The molecule has 9 heteroatoms. The van der Waals surface area contributed by atoms with Gasteiger partial charge in [-0.15, -0.1) is 0 Å². The zero-order valence-electron chi connectivity index (χ0n) is 8.38. The molecular weight excluding hydrogens is 250 g/mol. The van der Waals surface area contributed by atoms with E-state index in [9.17, 15) is 27.2 Å². The van der Waals surface area contributed by atoms with E-state index < -0.39 is 36.4 Å². The lowest BCUT2D eigenvalue weighted by Gasteiger charge is -2.26. The molecule has 1 rings (SSSR count). The van der Waals surface area contributed by atoms with Gasteiger partial charge in [-0.05, 0) is 0 Å². The molecule has 0 aromatic heterocycles. The fourth-order valence-electron chi connectivity index (χ4n) is 1.29. The van der Waals surface area contributed by atoms with Gasteiger partial charge in [-0.1, -0.05) is 0 Å². The average Bonchev–Trinajstić information content (AvgIpc) is 2.67. The van der Waals surface area contributed by atoms with Crippen molar-refractivity contribution in [2.24, 2.45) is 0 Å². The first-order chi connectivity index (χ1) is 7.72. The first-order valence-corrected chi connectivity index (χ1v) is 4.52. The lowest BCUT2D eigenvalue weighted by atomic mass is 9.98. The number of ether oxygens (including phenoxy) is 1. The first kappa shape index (κ1) is 13.7. The molecule has 0 spiro atoms. The van der Waals surface area contributed by atoms with Crippen LogP contribution in [0.4, 0.5) is 17.6 Å². The number of rotatable bonds is 4. The Hall–Kier alpha value is -1.38. The number of halogens is 4. The van der Waals surface area contributed by atoms with Gasteiger partial charge in [0.2, 0.25) is 0 Å². The third-order valence-electron chi connectivity index (χ3n) is 2.36. The van der Waals surface area contributed by atoms with Crippen molar-refractivity contribution in [2.75, 3.05) is 13.2 Å². The quantitative estimate of drug-likeness (QED) is 0.709. The molecule has 0 aromatic carbocycles. The van der Waals surface area contributed by atoms with Crippen molar-refractivity contribution in [1.29, 1.82) is 0 Å². The number of carboxylic acid groups (broad SMARTS) is 1. The van der Waals surface area contributed by atoms with E-state index in [1.807, 2.05) is 0 Å². The van der Waals surface area contributed by atoms with E-state index in [1.54, 1.807) is 0 Å². The molecule has 1 heterocycles. The van der Waals surface area contributed by atoms with Crippen LogP contribution in [0, 0.1) is 0 Å². The first-order valence-electron chi connectivity index (χ1n) is 4.52. The van der Waals surface area contributed by atoms with Gasteiger partial charge in [0.05, 0.1) is 6.61 Å². The van der Waals surface area contributed by atoms with Crippen molar-refractivity contribution >= 4 is 11.9 Å². The van der Waals surface area contributed by atoms with Gasteiger partial charge in [0.25, 0.3) is 5.91 Å². The molecule has 1 fully saturated rings. The minimum atomic E-state index is -4.93. The Bertz CT molecular complexity index is 327. The summed E-state index contributed by atoms with van der Waals surface area (Å²) >= 11 is 0. The van der Waals surface area contributed by atoms with Gasteiger partial charge in [-0.3, -0.25) is 4.79 Å². The Balaban J connectivity index is 2.82. The molecular formula is C8H9F4NO4. The highest BCUT2D eigenvalue weighted by Gasteiger charge is 2.54. The van der Waals surface area contributed by atoms with E-state index in [4.69, 9.17) is 5.11 Å². The summed E-state index contributed by atoms with van der Waals surface area (Å²) in [5, 5.41) is 10.2.